The lowest BCUT2D eigenvalue weighted by atomic mass is 9.96. The van der Waals surface area contributed by atoms with Gasteiger partial charge in [0.1, 0.15) is 10.6 Å². The van der Waals surface area contributed by atoms with Crippen molar-refractivity contribution in [2.75, 3.05) is 50.5 Å². The molecule has 4 rings (SSSR count). The van der Waals surface area contributed by atoms with Gasteiger partial charge in [-0.25, -0.2) is 4.98 Å². The van der Waals surface area contributed by atoms with Crippen molar-refractivity contribution >= 4 is 38.8 Å². The molecule has 0 radical (unpaired) electrons. The highest BCUT2D eigenvalue weighted by Crippen LogP contribution is 2.41. The highest BCUT2D eigenvalue weighted by molar-refractivity contribution is 7.21. The molecule has 2 aromatic rings. The number of nitrogens with two attached hydrogens (primary N) is 1. The first kappa shape index (κ1) is 15.8. The van der Waals surface area contributed by atoms with Crippen LogP contribution >= 0.6 is 11.3 Å². The van der Waals surface area contributed by atoms with Crippen molar-refractivity contribution in [3.8, 4) is 0 Å². The minimum Gasteiger partial charge on any atom is -0.397 e. The number of anilines is 2. The van der Waals surface area contributed by atoms with Gasteiger partial charge in [0.25, 0.3) is 0 Å². The fourth-order valence-corrected chi connectivity index (χ4v) is 4.66. The van der Waals surface area contributed by atoms with Crippen molar-refractivity contribution in [1.82, 2.24) is 9.88 Å². The zero-order valence-electron chi connectivity index (χ0n) is 14.1. The van der Waals surface area contributed by atoms with E-state index in [-0.39, 0.29) is 5.78 Å². The molecule has 2 aliphatic heterocycles. The van der Waals surface area contributed by atoms with Crippen molar-refractivity contribution in [2.24, 2.45) is 0 Å². The average molecular weight is 346 g/mol. The third-order valence-electron chi connectivity index (χ3n) is 4.87. The summed E-state index contributed by atoms with van der Waals surface area (Å²) in [5.41, 5.74) is 9.49. The van der Waals surface area contributed by atoms with Crippen molar-refractivity contribution in [3.05, 3.63) is 16.0 Å². The standard InChI is InChI=1S/C17H22N4O2S/c1-10(22)15-14(18)13-11-3-4-20(2)9-12(11)16(19-17(13)24-15)21-5-7-23-8-6-21/h3-9,18H2,1-2H3. The average Bonchev–Trinajstić information content (AvgIpc) is 2.92. The molecule has 2 N–H and O–H groups in total. The Hall–Kier alpha value is -1.70. The molecule has 0 amide bonds. The van der Waals surface area contributed by atoms with Crippen molar-refractivity contribution in [2.45, 2.75) is 19.9 Å². The van der Waals surface area contributed by atoms with Crippen LogP contribution in [0.4, 0.5) is 11.5 Å². The first-order chi connectivity index (χ1) is 11.6. The van der Waals surface area contributed by atoms with E-state index in [1.54, 1.807) is 6.92 Å². The van der Waals surface area contributed by atoms with E-state index in [1.807, 2.05) is 0 Å². The number of likely N-dealkylation sites (N-methyl/N-ethyl adjacent to an activating group) is 1. The molecule has 0 unspecified atom stereocenters. The zero-order valence-corrected chi connectivity index (χ0v) is 14.9. The van der Waals surface area contributed by atoms with Crippen molar-refractivity contribution < 1.29 is 9.53 Å². The lowest BCUT2D eigenvalue weighted by molar-refractivity contribution is 0.102. The number of carbonyl (C=O) groups is 1. The molecule has 1 saturated heterocycles. The second-order valence-electron chi connectivity index (χ2n) is 6.56. The topological polar surface area (TPSA) is 71.7 Å². The summed E-state index contributed by atoms with van der Waals surface area (Å²) >= 11 is 1.43. The summed E-state index contributed by atoms with van der Waals surface area (Å²) in [5, 5.41) is 1.00. The Labute approximate surface area is 145 Å². The van der Waals surface area contributed by atoms with Crippen molar-refractivity contribution in [3.63, 3.8) is 0 Å². The number of pyridine rings is 1. The Balaban J connectivity index is 1.95. The lowest BCUT2D eigenvalue weighted by Gasteiger charge is -2.33. The van der Waals surface area contributed by atoms with Gasteiger partial charge in [0.15, 0.2) is 5.78 Å². The van der Waals surface area contributed by atoms with E-state index in [9.17, 15) is 4.79 Å². The molecule has 0 spiro atoms. The van der Waals surface area contributed by atoms with Crippen LogP contribution in [-0.4, -0.2) is 55.6 Å². The van der Waals surface area contributed by atoms with E-state index in [1.165, 1.54) is 22.5 Å². The number of ether oxygens (including phenoxy) is 1. The maximum atomic E-state index is 11.9. The zero-order chi connectivity index (χ0) is 16.8. The number of rotatable bonds is 2. The molecule has 128 valence electrons. The monoisotopic (exact) mass is 346 g/mol. The Morgan fingerprint density at radius 2 is 2.00 bits per heavy atom. The third-order valence-corrected chi connectivity index (χ3v) is 6.07. The Bertz CT molecular complexity index is 811. The molecule has 0 atom stereocenters. The summed E-state index contributed by atoms with van der Waals surface area (Å²) in [7, 11) is 2.13. The van der Waals surface area contributed by atoms with Gasteiger partial charge in [-0.1, -0.05) is 0 Å². The highest BCUT2D eigenvalue weighted by atomic mass is 32.1. The highest BCUT2D eigenvalue weighted by Gasteiger charge is 2.28. The van der Waals surface area contributed by atoms with E-state index >= 15 is 0 Å². The molecule has 0 aromatic carbocycles. The maximum Gasteiger partial charge on any atom is 0.171 e. The number of thiophene rings is 1. The number of hydrogen-bond donors (Lipinski definition) is 1. The number of nitrogens with zero attached hydrogens (tertiary/aromatic N) is 3. The molecule has 24 heavy (non-hydrogen) atoms. The molecule has 6 nitrogen and oxygen atoms in total. The SMILES string of the molecule is CC(=O)c1sc2nc(N3CCOCC3)c3c(c2c1N)CCN(C)C3. The van der Waals surface area contributed by atoms with Gasteiger partial charge in [0.2, 0.25) is 0 Å². The fraction of sp³-hybridized carbons (Fsp3) is 0.529. The van der Waals surface area contributed by atoms with Crippen molar-refractivity contribution in [1.29, 1.82) is 0 Å². The molecule has 0 aliphatic carbocycles. The van der Waals surface area contributed by atoms with E-state index in [0.29, 0.717) is 10.6 Å². The molecule has 2 aliphatic rings. The predicted molar refractivity (Wildman–Crippen MR) is 97.1 cm³/mol. The van der Waals surface area contributed by atoms with Gasteiger partial charge < -0.3 is 20.3 Å². The number of ketones is 1. The lowest BCUT2D eigenvalue weighted by Crippen LogP contribution is -2.39. The van der Waals surface area contributed by atoms with Gasteiger partial charge >= 0.3 is 0 Å². The van der Waals surface area contributed by atoms with Crippen LogP contribution in [0.5, 0.6) is 0 Å². The van der Waals surface area contributed by atoms with Crippen LogP contribution in [0.2, 0.25) is 0 Å². The van der Waals surface area contributed by atoms with E-state index < -0.39 is 0 Å². The fourth-order valence-electron chi connectivity index (χ4n) is 3.64. The van der Waals surface area contributed by atoms with E-state index in [2.05, 4.69) is 16.8 Å². The number of hydrogen-bond acceptors (Lipinski definition) is 7. The number of carbonyl (C=O) groups excluding carboxylic acids is 1. The number of fused-ring (bicyclic) bond motifs is 3. The molecule has 0 bridgehead atoms. The van der Waals surface area contributed by atoms with Gasteiger partial charge in [-0.3, -0.25) is 4.79 Å². The van der Waals surface area contributed by atoms with E-state index in [0.717, 1.165) is 61.8 Å². The quantitative estimate of drug-likeness (QED) is 0.838. The van der Waals surface area contributed by atoms with Gasteiger partial charge in [-0.15, -0.1) is 11.3 Å². The number of aromatic nitrogens is 1. The molecule has 1 fully saturated rings. The van der Waals surface area contributed by atoms with Crippen LogP contribution in [0, 0.1) is 0 Å². The van der Waals surface area contributed by atoms with E-state index in [4.69, 9.17) is 15.5 Å². The predicted octanol–water partition coefficient (Wildman–Crippen LogP) is 1.91. The first-order valence-corrected chi connectivity index (χ1v) is 9.13. The largest absolute Gasteiger partial charge is 0.397 e. The molecular formula is C17H22N4O2S. The Morgan fingerprint density at radius 1 is 1.25 bits per heavy atom. The smallest absolute Gasteiger partial charge is 0.171 e. The third kappa shape index (κ3) is 2.47. The van der Waals surface area contributed by atoms with Crippen LogP contribution in [0.25, 0.3) is 10.2 Å². The summed E-state index contributed by atoms with van der Waals surface area (Å²) < 4.78 is 5.49. The summed E-state index contributed by atoms with van der Waals surface area (Å²) in [4.78, 5) is 23.0. The minimum atomic E-state index is 0.0186. The first-order valence-electron chi connectivity index (χ1n) is 8.32. The molecule has 4 heterocycles. The summed E-state index contributed by atoms with van der Waals surface area (Å²) in [6.07, 6.45) is 0.945. The number of nitrogen functional groups attached to an aromatic ring is 1. The maximum absolute atomic E-state index is 11.9. The van der Waals surface area contributed by atoms with Crippen LogP contribution < -0.4 is 10.6 Å². The summed E-state index contributed by atoms with van der Waals surface area (Å²) in [6.45, 7) is 6.62. The normalized spacial score (nSPS) is 18.8. The number of morpholine rings is 1. The van der Waals surface area contributed by atoms with Gasteiger partial charge in [0.05, 0.1) is 23.8 Å². The van der Waals surface area contributed by atoms with Crippen LogP contribution in [-0.2, 0) is 17.7 Å². The second-order valence-corrected chi connectivity index (χ2v) is 7.56. The molecule has 0 saturated carbocycles. The minimum absolute atomic E-state index is 0.0186. The van der Waals surface area contributed by atoms with Crippen LogP contribution in [0.15, 0.2) is 0 Å². The molecular weight excluding hydrogens is 324 g/mol. The van der Waals surface area contributed by atoms with Crippen LogP contribution in [0.3, 0.4) is 0 Å². The molecule has 2 aromatic heterocycles. The Morgan fingerprint density at radius 3 is 2.71 bits per heavy atom. The molecule has 7 heteroatoms. The second kappa shape index (κ2) is 5.98. The number of Topliss-reactive ketones (excluding diaryl/α,β-unsaturated/α-hetero) is 1. The van der Waals surface area contributed by atoms with Gasteiger partial charge in [0, 0.05) is 44.1 Å². The summed E-state index contributed by atoms with van der Waals surface area (Å²) in [5.74, 6) is 1.06. The van der Waals surface area contributed by atoms with Gasteiger partial charge in [-0.2, -0.15) is 0 Å². The van der Waals surface area contributed by atoms with Gasteiger partial charge in [-0.05, 0) is 19.0 Å². The Kier molecular flexibility index (Phi) is 3.94. The van der Waals surface area contributed by atoms with Crippen LogP contribution in [0.1, 0.15) is 27.7 Å². The summed E-state index contributed by atoms with van der Waals surface area (Å²) in [6, 6.07) is 0.